The van der Waals surface area contributed by atoms with Crippen molar-refractivity contribution in [1.82, 2.24) is 5.32 Å². The van der Waals surface area contributed by atoms with Crippen molar-refractivity contribution in [1.29, 1.82) is 0 Å². The first-order valence-corrected chi connectivity index (χ1v) is 12.2. The lowest BCUT2D eigenvalue weighted by Crippen LogP contribution is -2.58. The quantitative estimate of drug-likeness (QED) is 0.504. The molecule has 1 aromatic carbocycles. The van der Waals surface area contributed by atoms with Gasteiger partial charge in [-0.15, -0.1) is 22.7 Å². The number of nitrogens with one attached hydrogen (secondary N) is 1. The Labute approximate surface area is 191 Å². The van der Waals surface area contributed by atoms with E-state index in [4.69, 9.17) is 4.74 Å². The van der Waals surface area contributed by atoms with Crippen LogP contribution in [0.15, 0.2) is 47.2 Å². The number of fused-ring (bicyclic) bond motifs is 1. The molecule has 1 aliphatic rings. The first kappa shape index (κ1) is 21.8. The Hall–Kier alpha value is -2.44. The van der Waals surface area contributed by atoms with Crippen molar-refractivity contribution in [2.75, 3.05) is 6.61 Å². The molecule has 6 heteroatoms. The standard InChI is InChI=1S/C25H27NO3S2/c1-5-29-23(28)25(26-22(27)24(2,3)4)14-16-12-18(20-8-6-10-30-20)19(13-17(16)15-25)21-9-7-11-31-21/h6-13H,5,14-15H2,1-4H3,(H,26,27). The Morgan fingerprint density at radius 3 is 1.90 bits per heavy atom. The lowest BCUT2D eigenvalue weighted by molar-refractivity contribution is -0.154. The van der Waals surface area contributed by atoms with Crippen LogP contribution in [0.1, 0.15) is 38.8 Å². The molecule has 0 bridgehead atoms. The van der Waals surface area contributed by atoms with Gasteiger partial charge in [-0.2, -0.15) is 0 Å². The molecule has 4 rings (SSSR count). The van der Waals surface area contributed by atoms with Crippen molar-refractivity contribution in [2.24, 2.45) is 5.41 Å². The van der Waals surface area contributed by atoms with E-state index in [-0.39, 0.29) is 18.5 Å². The Balaban J connectivity index is 1.80. The average Bonchev–Trinajstić information content (AvgIpc) is 3.46. The van der Waals surface area contributed by atoms with Crippen molar-refractivity contribution < 1.29 is 14.3 Å². The molecule has 0 radical (unpaired) electrons. The number of benzene rings is 1. The van der Waals surface area contributed by atoms with Crippen LogP contribution in [0.4, 0.5) is 0 Å². The summed E-state index contributed by atoms with van der Waals surface area (Å²) >= 11 is 3.41. The fourth-order valence-corrected chi connectivity index (χ4v) is 5.47. The van der Waals surface area contributed by atoms with E-state index in [9.17, 15) is 9.59 Å². The topological polar surface area (TPSA) is 55.4 Å². The van der Waals surface area contributed by atoms with Crippen molar-refractivity contribution in [2.45, 2.75) is 46.1 Å². The van der Waals surface area contributed by atoms with E-state index in [1.165, 1.54) is 9.75 Å². The summed E-state index contributed by atoms with van der Waals surface area (Å²) in [7, 11) is 0. The number of rotatable bonds is 5. The van der Waals surface area contributed by atoms with E-state index in [1.807, 2.05) is 20.8 Å². The SMILES string of the molecule is CCOC(=O)C1(NC(=O)C(C)(C)C)Cc2cc(-c3cccs3)c(-c3cccs3)cc2C1. The summed E-state index contributed by atoms with van der Waals surface area (Å²) in [6.45, 7) is 7.64. The summed E-state index contributed by atoms with van der Waals surface area (Å²) in [5.41, 5.74) is 2.84. The van der Waals surface area contributed by atoms with Crippen LogP contribution >= 0.6 is 22.7 Å². The van der Waals surface area contributed by atoms with Crippen LogP contribution in [0.3, 0.4) is 0 Å². The van der Waals surface area contributed by atoms with E-state index < -0.39 is 11.0 Å². The molecule has 0 unspecified atom stereocenters. The number of hydrogen-bond acceptors (Lipinski definition) is 5. The Kier molecular flexibility index (Phi) is 5.79. The average molecular weight is 454 g/mol. The summed E-state index contributed by atoms with van der Waals surface area (Å²) in [4.78, 5) is 28.4. The van der Waals surface area contributed by atoms with Gasteiger partial charge in [0.15, 0.2) is 0 Å². The summed E-state index contributed by atoms with van der Waals surface area (Å²) in [5.74, 6) is -0.510. The summed E-state index contributed by atoms with van der Waals surface area (Å²) < 4.78 is 5.43. The Bertz CT molecular complexity index is 1030. The van der Waals surface area contributed by atoms with Gasteiger partial charge < -0.3 is 10.1 Å². The van der Waals surface area contributed by atoms with Gasteiger partial charge in [-0.05, 0) is 53.1 Å². The second kappa shape index (κ2) is 8.24. The number of ether oxygens (including phenoxy) is 1. The van der Waals surface area contributed by atoms with Gasteiger partial charge in [0.2, 0.25) is 5.91 Å². The predicted octanol–water partition coefficient (Wildman–Crippen LogP) is 5.71. The van der Waals surface area contributed by atoms with E-state index in [1.54, 1.807) is 29.6 Å². The molecule has 2 heterocycles. The van der Waals surface area contributed by atoms with Gasteiger partial charge >= 0.3 is 5.97 Å². The molecular formula is C25H27NO3S2. The van der Waals surface area contributed by atoms with Crippen molar-refractivity contribution in [3.63, 3.8) is 0 Å². The Morgan fingerprint density at radius 1 is 1.00 bits per heavy atom. The minimum Gasteiger partial charge on any atom is -0.464 e. The number of amides is 1. The molecule has 4 nitrogen and oxygen atoms in total. The van der Waals surface area contributed by atoms with Crippen LogP contribution in [-0.2, 0) is 27.2 Å². The molecule has 0 saturated heterocycles. The van der Waals surface area contributed by atoms with Gasteiger partial charge in [0, 0.05) is 39.1 Å². The molecule has 0 saturated carbocycles. The molecule has 162 valence electrons. The summed E-state index contributed by atoms with van der Waals surface area (Å²) in [6.07, 6.45) is 0.873. The highest BCUT2D eigenvalue weighted by molar-refractivity contribution is 7.14. The maximum atomic E-state index is 13.1. The lowest BCUT2D eigenvalue weighted by Gasteiger charge is -2.31. The molecule has 1 N–H and O–H groups in total. The summed E-state index contributed by atoms with van der Waals surface area (Å²) in [6, 6.07) is 12.7. The number of carbonyl (C=O) groups excluding carboxylic acids is 2. The zero-order valence-electron chi connectivity index (χ0n) is 18.3. The van der Waals surface area contributed by atoms with Crippen LogP contribution in [0.5, 0.6) is 0 Å². The van der Waals surface area contributed by atoms with Gasteiger partial charge in [0.25, 0.3) is 0 Å². The predicted molar refractivity (Wildman–Crippen MR) is 127 cm³/mol. The zero-order valence-corrected chi connectivity index (χ0v) is 19.9. The maximum absolute atomic E-state index is 13.1. The first-order chi connectivity index (χ1) is 14.7. The Morgan fingerprint density at radius 2 is 1.52 bits per heavy atom. The maximum Gasteiger partial charge on any atom is 0.332 e. The van der Waals surface area contributed by atoms with E-state index in [2.05, 4.69) is 52.5 Å². The first-order valence-electron chi connectivity index (χ1n) is 10.5. The molecule has 3 aromatic rings. The van der Waals surface area contributed by atoms with Crippen LogP contribution in [0.25, 0.3) is 20.9 Å². The normalized spacial score (nSPS) is 14.8. The van der Waals surface area contributed by atoms with Crippen LogP contribution in [0.2, 0.25) is 0 Å². The van der Waals surface area contributed by atoms with Gasteiger partial charge in [-0.1, -0.05) is 32.9 Å². The number of esters is 1. The lowest BCUT2D eigenvalue weighted by atomic mass is 9.90. The third kappa shape index (κ3) is 4.19. The van der Waals surface area contributed by atoms with Crippen molar-refractivity contribution >= 4 is 34.6 Å². The second-order valence-corrected chi connectivity index (χ2v) is 10.9. The van der Waals surface area contributed by atoms with E-state index in [0.717, 1.165) is 22.3 Å². The minimum atomic E-state index is -1.07. The number of carbonyl (C=O) groups is 2. The fraction of sp³-hybridized carbons (Fsp3) is 0.360. The van der Waals surface area contributed by atoms with Gasteiger partial charge in [0.1, 0.15) is 5.54 Å². The molecule has 0 atom stereocenters. The van der Waals surface area contributed by atoms with E-state index in [0.29, 0.717) is 12.8 Å². The highest BCUT2D eigenvalue weighted by atomic mass is 32.1. The van der Waals surface area contributed by atoms with Crippen molar-refractivity contribution in [3.8, 4) is 20.9 Å². The van der Waals surface area contributed by atoms with Crippen LogP contribution < -0.4 is 5.32 Å². The minimum absolute atomic E-state index is 0.148. The highest BCUT2D eigenvalue weighted by Crippen LogP contribution is 2.42. The number of thiophene rings is 2. The largest absolute Gasteiger partial charge is 0.464 e. The van der Waals surface area contributed by atoms with Crippen LogP contribution in [-0.4, -0.2) is 24.0 Å². The molecule has 0 aliphatic heterocycles. The fourth-order valence-electron chi connectivity index (χ4n) is 3.96. The van der Waals surface area contributed by atoms with Gasteiger partial charge in [-0.25, -0.2) is 4.79 Å². The molecule has 2 aromatic heterocycles. The molecule has 0 spiro atoms. The van der Waals surface area contributed by atoms with Gasteiger partial charge in [-0.3, -0.25) is 4.79 Å². The number of hydrogen-bond donors (Lipinski definition) is 1. The van der Waals surface area contributed by atoms with Gasteiger partial charge in [0.05, 0.1) is 6.61 Å². The highest BCUT2D eigenvalue weighted by Gasteiger charge is 2.48. The third-order valence-electron chi connectivity index (χ3n) is 5.60. The zero-order chi connectivity index (χ0) is 22.2. The molecule has 31 heavy (non-hydrogen) atoms. The van der Waals surface area contributed by atoms with Crippen molar-refractivity contribution in [3.05, 3.63) is 58.3 Å². The molecule has 1 amide bonds. The smallest absolute Gasteiger partial charge is 0.332 e. The molecule has 0 fully saturated rings. The second-order valence-electron chi connectivity index (χ2n) is 8.98. The monoisotopic (exact) mass is 453 g/mol. The third-order valence-corrected chi connectivity index (χ3v) is 7.40. The molecule has 1 aliphatic carbocycles. The van der Waals surface area contributed by atoms with Crippen LogP contribution in [0, 0.1) is 5.41 Å². The summed E-state index contributed by atoms with van der Waals surface area (Å²) in [5, 5.41) is 7.22. The molecular weight excluding hydrogens is 426 g/mol. The van der Waals surface area contributed by atoms with E-state index >= 15 is 0 Å².